The molecule has 0 bridgehead atoms. The highest BCUT2D eigenvalue weighted by Crippen LogP contribution is 2.22. The third kappa shape index (κ3) is 2.80. The molecule has 3 heterocycles. The molecule has 126 valence electrons. The van der Waals surface area contributed by atoms with Crippen LogP contribution in [0.4, 0.5) is 4.39 Å². The van der Waals surface area contributed by atoms with Gasteiger partial charge in [-0.15, -0.1) is 0 Å². The molecule has 0 amide bonds. The first kappa shape index (κ1) is 15.5. The Kier molecular flexibility index (Phi) is 3.80. The predicted octanol–water partition coefficient (Wildman–Crippen LogP) is 3.93. The second kappa shape index (κ2) is 6.12. The number of imidazole rings is 1. The quantitative estimate of drug-likeness (QED) is 0.568. The SMILES string of the molecule is CC(C)n1c(Cc2ccnn2-c2cccc(F)c2)nc2cccnc21. The molecule has 5 nitrogen and oxygen atoms in total. The average molecular weight is 335 g/mol. The lowest BCUT2D eigenvalue weighted by molar-refractivity contribution is 0.583. The summed E-state index contributed by atoms with van der Waals surface area (Å²) >= 11 is 0. The van der Waals surface area contributed by atoms with Gasteiger partial charge in [0.15, 0.2) is 5.65 Å². The lowest BCUT2D eigenvalue weighted by Crippen LogP contribution is -2.10. The molecule has 4 aromatic rings. The van der Waals surface area contributed by atoms with Gasteiger partial charge in [-0.1, -0.05) is 6.07 Å². The van der Waals surface area contributed by atoms with Gasteiger partial charge in [0.25, 0.3) is 0 Å². The van der Waals surface area contributed by atoms with Crippen LogP contribution in [-0.4, -0.2) is 24.3 Å². The summed E-state index contributed by atoms with van der Waals surface area (Å²) in [5, 5.41) is 4.35. The van der Waals surface area contributed by atoms with Crippen molar-refractivity contribution in [1.29, 1.82) is 0 Å². The first-order valence-corrected chi connectivity index (χ1v) is 8.24. The zero-order chi connectivity index (χ0) is 17.4. The minimum atomic E-state index is -0.280. The van der Waals surface area contributed by atoms with Crippen LogP contribution in [0, 0.1) is 5.82 Å². The minimum Gasteiger partial charge on any atom is -0.310 e. The van der Waals surface area contributed by atoms with Crippen LogP contribution in [0.1, 0.15) is 31.4 Å². The van der Waals surface area contributed by atoms with Crippen LogP contribution >= 0.6 is 0 Å². The number of nitrogens with zero attached hydrogens (tertiary/aromatic N) is 5. The van der Waals surface area contributed by atoms with Gasteiger partial charge in [0.2, 0.25) is 0 Å². The summed E-state index contributed by atoms with van der Waals surface area (Å²) in [5.41, 5.74) is 3.40. The molecular formula is C19H18FN5. The Morgan fingerprint density at radius 1 is 1.08 bits per heavy atom. The van der Waals surface area contributed by atoms with Crippen LogP contribution in [0.2, 0.25) is 0 Å². The van der Waals surface area contributed by atoms with Gasteiger partial charge in [0.1, 0.15) is 17.2 Å². The number of hydrogen-bond donors (Lipinski definition) is 0. The monoisotopic (exact) mass is 335 g/mol. The van der Waals surface area contributed by atoms with E-state index >= 15 is 0 Å². The Morgan fingerprint density at radius 2 is 1.96 bits per heavy atom. The molecule has 0 atom stereocenters. The standard InChI is InChI=1S/C19H18FN5/c1-13(2)24-18(23-17-7-4-9-21-19(17)24)12-16-8-10-22-25(16)15-6-3-5-14(20)11-15/h3-11,13H,12H2,1-2H3. The zero-order valence-corrected chi connectivity index (χ0v) is 14.1. The van der Waals surface area contributed by atoms with Crippen molar-refractivity contribution in [2.24, 2.45) is 0 Å². The van der Waals surface area contributed by atoms with Crippen molar-refractivity contribution in [3.8, 4) is 5.69 Å². The molecule has 0 saturated heterocycles. The van der Waals surface area contributed by atoms with Crippen molar-refractivity contribution in [2.45, 2.75) is 26.3 Å². The maximum absolute atomic E-state index is 13.6. The molecule has 0 saturated carbocycles. The summed E-state index contributed by atoms with van der Waals surface area (Å²) in [5.74, 6) is 0.638. The zero-order valence-electron chi connectivity index (χ0n) is 14.1. The molecule has 0 fully saturated rings. The molecule has 25 heavy (non-hydrogen) atoms. The molecule has 3 aromatic heterocycles. The number of fused-ring (bicyclic) bond motifs is 1. The summed E-state index contributed by atoms with van der Waals surface area (Å²) in [6.07, 6.45) is 4.09. The lowest BCUT2D eigenvalue weighted by atomic mass is 10.2. The molecule has 0 aliphatic heterocycles. The summed E-state index contributed by atoms with van der Waals surface area (Å²) in [4.78, 5) is 9.22. The van der Waals surface area contributed by atoms with E-state index in [2.05, 4.69) is 28.5 Å². The maximum Gasteiger partial charge on any atom is 0.160 e. The number of benzene rings is 1. The summed E-state index contributed by atoms with van der Waals surface area (Å²) < 4.78 is 17.4. The Bertz CT molecular complexity index is 1030. The normalized spacial score (nSPS) is 11.5. The molecule has 0 unspecified atom stereocenters. The smallest absolute Gasteiger partial charge is 0.160 e. The molecule has 0 N–H and O–H groups in total. The fourth-order valence-corrected chi connectivity index (χ4v) is 3.11. The van der Waals surface area contributed by atoms with Crippen LogP contribution in [0.15, 0.2) is 54.9 Å². The molecular weight excluding hydrogens is 317 g/mol. The van der Waals surface area contributed by atoms with Crippen molar-refractivity contribution >= 4 is 11.2 Å². The van der Waals surface area contributed by atoms with Gasteiger partial charge < -0.3 is 4.57 Å². The topological polar surface area (TPSA) is 48.5 Å². The van der Waals surface area contributed by atoms with E-state index in [0.29, 0.717) is 12.1 Å². The van der Waals surface area contributed by atoms with Crippen molar-refractivity contribution in [3.05, 3.63) is 72.2 Å². The van der Waals surface area contributed by atoms with E-state index in [4.69, 9.17) is 4.98 Å². The molecule has 0 aliphatic carbocycles. The van der Waals surface area contributed by atoms with E-state index in [1.807, 2.05) is 24.3 Å². The van der Waals surface area contributed by atoms with Crippen LogP contribution in [-0.2, 0) is 6.42 Å². The van der Waals surface area contributed by atoms with Crippen molar-refractivity contribution in [1.82, 2.24) is 24.3 Å². The Hall–Kier alpha value is -3.02. The van der Waals surface area contributed by atoms with E-state index in [9.17, 15) is 4.39 Å². The van der Waals surface area contributed by atoms with E-state index in [1.165, 1.54) is 12.1 Å². The Balaban J connectivity index is 1.78. The second-order valence-electron chi connectivity index (χ2n) is 6.23. The lowest BCUT2D eigenvalue weighted by Gasteiger charge is -2.13. The highest BCUT2D eigenvalue weighted by Gasteiger charge is 2.16. The van der Waals surface area contributed by atoms with E-state index in [-0.39, 0.29) is 11.9 Å². The summed E-state index contributed by atoms with van der Waals surface area (Å²) in [6.45, 7) is 4.23. The minimum absolute atomic E-state index is 0.237. The predicted molar refractivity (Wildman–Crippen MR) is 94.2 cm³/mol. The number of aromatic nitrogens is 5. The van der Waals surface area contributed by atoms with E-state index in [0.717, 1.165) is 22.7 Å². The molecule has 4 rings (SSSR count). The summed E-state index contributed by atoms with van der Waals surface area (Å²) in [7, 11) is 0. The number of pyridine rings is 1. The van der Waals surface area contributed by atoms with E-state index < -0.39 is 0 Å². The fraction of sp³-hybridized carbons (Fsp3) is 0.211. The molecule has 6 heteroatoms. The molecule has 1 aromatic carbocycles. The first-order chi connectivity index (χ1) is 12.1. The van der Waals surface area contributed by atoms with Crippen LogP contribution in [0.3, 0.4) is 0 Å². The van der Waals surface area contributed by atoms with Crippen molar-refractivity contribution in [3.63, 3.8) is 0 Å². The maximum atomic E-state index is 13.6. The van der Waals surface area contributed by atoms with Crippen molar-refractivity contribution < 1.29 is 4.39 Å². The van der Waals surface area contributed by atoms with Crippen molar-refractivity contribution in [2.75, 3.05) is 0 Å². The Labute approximate surface area is 144 Å². The number of halogens is 1. The van der Waals surface area contributed by atoms with Gasteiger partial charge in [-0.3, -0.25) is 0 Å². The third-order valence-corrected chi connectivity index (χ3v) is 4.15. The molecule has 0 aliphatic rings. The highest BCUT2D eigenvalue weighted by atomic mass is 19.1. The van der Waals surface area contributed by atoms with Crippen LogP contribution in [0.5, 0.6) is 0 Å². The van der Waals surface area contributed by atoms with Gasteiger partial charge in [-0.25, -0.2) is 19.0 Å². The highest BCUT2D eigenvalue weighted by molar-refractivity contribution is 5.71. The van der Waals surface area contributed by atoms with E-state index in [1.54, 1.807) is 23.1 Å². The van der Waals surface area contributed by atoms with Gasteiger partial charge >= 0.3 is 0 Å². The average Bonchev–Trinajstić information content (AvgIpc) is 3.19. The Morgan fingerprint density at radius 3 is 2.76 bits per heavy atom. The van der Waals surface area contributed by atoms with Gasteiger partial charge in [0, 0.05) is 24.9 Å². The molecule has 0 radical (unpaired) electrons. The second-order valence-corrected chi connectivity index (χ2v) is 6.23. The number of hydrogen-bond acceptors (Lipinski definition) is 3. The van der Waals surface area contributed by atoms with Gasteiger partial charge in [0.05, 0.1) is 11.4 Å². The van der Waals surface area contributed by atoms with Gasteiger partial charge in [-0.2, -0.15) is 5.10 Å². The number of rotatable bonds is 4. The first-order valence-electron chi connectivity index (χ1n) is 8.24. The van der Waals surface area contributed by atoms with Crippen LogP contribution < -0.4 is 0 Å². The third-order valence-electron chi connectivity index (χ3n) is 4.15. The fourth-order valence-electron chi connectivity index (χ4n) is 3.11. The van der Waals surface area contributed by atoms with Crippen LogP contribution in [0.25, 0.3) is 16.9 Å². The molecule has 0 spiro atoms. The van der Waals surface area contributed by atoms with Gasteiger partial charge in [-0.05, 0) is 50.2 Å². The summed E-state index contributed by atoms with van der Waals surface area (Å²) in [6, 6.07) is 12.5. The largest absolute Gasteiger partial charge is 0.310 e.